The maximum absolute atomic E-state index is 11.4. The normalized spacial score (nSPS) is 12.8. The van der Waals surface area contributed by atoms with Crippen molar-refractivity contribution in [3.8, 4) is 0 Å². The van der Waals surface area contributed by atoms with Gasteiger partial charge in [0.05, 0.1) is 5.30 Å². The molecule has 0 saturated heterocycles. The van der Waals surface area contributed by atoms with Gasteiger partial charge in [0.1, 0.15) is 0 Å². The first-order valence-corrected chi connectivity index (χ1v) is 8.06. The fraction of sp³-hybridized carbons (Fsp3) is 0.500. The molecular formula is C12H18BrO3P. The van der Waals surface area contributed by atoms with Gasteiger partial charge in [-0.3, -0.25) is 4.57 Å². The molecule has 0 atom stereocenters. The number of rotatable bonds is 5. The summed E-state index contributed by atoms with van der Waals surface area (Å²) in [5, 5.41) is 0.144. The van der Waals surface area contributed by atoms with E-state index >= 15 is 0 Å². The summed E-state index contributed by atoms with van der Waals surface area (Å²) in [5.74, 6) is 0. The van der Waals surface area contributed by atoms with Crippen LogP contribution in [0.15, 0.2) is 24.3 Å². The Morgan fingerprint density at radius 3 is 2.24 bits per heavy atom. The second kappa shape index (κ2) is 5.66. The molecule has 0 fully saturated rings. The number of hydrogen-bond donors (Lipinski definition) is 2. The summed E-state index contributed by atoms with van der Waals surface area (Å²) in [5.41, 5.74) is 0.724. The van der Waals surface area contributed by atoms with Crippen LogP contribution in [-0.2, 0) is 11.0 Å². The van der Waals surface area contributed by atoms with E-state index in [4.69, 9.17) is 0 Å². The predicted octanol–water partition coefficient (Wildman–Crippen LogP) is 2.99. The van der Waals surface area contributed by atoms with E-state index in [1.54, 1.807) is 12.1 Å². The quantitative estimate of drug-likeness (QED) is 0.647. The third-order valence-electron chi connectivity index (χ3n) is 3.08. The molecule has 2 N–H and O–H groups in total. The Morgan fingerprint density at radius 1 is 1.24 bits per heavy atom. The molecule has 0 aliphatic heterocycles. The lowest BCUT2D eigenvalue weighted by Gasteiger charge is -2.25. The fourth-order valence-corrected chi connectivity index (χ4v) is 2.90. The average molecular weight is 321 g/mol. The third-order valence-corrected chi connectivity index (χ3v) is 5.55. The van der Waals surface area contributed by atoms with E-state index in [1.165, 1.54) is 6.07 Å². The molecule has 1 rings (SSSR count). The van der Waals surface area contributed by atoms with Crippen LogP contribution in [0.2, 0.25) is 0 Å². The van der Waals surface area contributed by atoms with Gasteiger partial charge >= 0.3 is 7.60 Å². The highest BCUT2D eigenvalue weighted by Crippen LogP contribution is 2.37. The summed E-state index contributed by atoms with van der Waals surface area (Å²) >= 11 is 3.67. The van der Waals surface area contributed by atoms with Crippen LogP contribution in [0.4, 0.5) is 0 Å². The van der Waals surface area contributed by atoms with Crippen LogP contribution in [0.5, 0.6) is 0 Å². The Labute approximate surface area is 111 Å². The molecule has 1 aromatic rings. The Hall–Kier alpha value is -0.150. The molecule has 0 aliphatic carbocycles. The molecule has 96 valence electrons. The summed E-state index contributed by atoms with van der Waals surface area (Å²) < 4.78 is 11.3. The van der Waals surface area contributed by atoms with E-state index in [9.17, 15) is 14.4 Å². The van der Waals surface area contributed by atoms with Crippen molar-refractivity contribution in [1.29, 1.82) is 0 Å². The van der Waals surface area contributed by atoms with Crippen molar-refractivity contribution in [1.82, 2.24) is 0 Å². The minimum absolute atomic E-state index is 0.0850. The van der Waals surface area contributed by atoms with E-state index in [2.05, 4.69) is 29.8 Å². The van der Waals surface area contributed by atoms with Crippen LogP contribution in [0.3, 0.4) is 0 Å². The van der Waals surface area contributed by atoms with E-state index in [1.807, 2.05) is 6.07 Å². The van der Waals surface area contributed by atoms with Gasteiger partial charge in [0.25, 0.3) is 0 Å². The van der Waals surface area contributed by atoms with Gasteiger partial charge in [0, 0.05) is 4.32 Å². The van der Waals surface area contributed by atoms with Gasteiger partial charge in [-0.25, -0.2) is 0 Å². The highest BCUT2D eigenvalue weighted by molar-refractivity contribution is 9.10. The van der Waals surface area contributed by atoms with Crippen molar-refractivity contribution in [2.45, 2.75) is 37.4 Å². The van der Waals surface area contributed by atoms with Gasteiger partial charge in [-0.05, 0) is 30.9 Å². The lowest BCUT2D eigenvalue weighted by Crippen LogP contribution is -2.25. The Balaban J connectivity index is 3.11. The SMILES string of the molecule is CCC(Br)(CC)Cc1ccccc1P(=O)(O)O. The Kier molecular flexibility index (Phi) is 4.96. The molecule has 5 heteroatoms. The third kappa shape index (κ3) is 3.92. The van der Waals surface area contributed by atoms with Crippen LogP contribution in [0, 0.1) is 0 Å². The molecule has 0 aromatic heterocycles. The lowest BCUT2D eigenvalue weighted by molar-refractivity contribution is 0.387. The predicted molar refractivity (Wildman–Crippen MR) is 74.1 cm³/mol. The minimum atomic E-state index is -4.18. The van der Waals surface area contributed by atoms with Gasteiger partial charge in [0.2, 0.25) is 0 Å². The molecule has 0 bridgehead atoms. The molecule has 0 spiro atoms. The molecule has 0 radical (unpaired) electrons. The van der Waals surface area contributed by atoms with Gasteiger partial charge in [0.15, 0.2) is 0 Å². The van der Waals surface area contributed by atoms with Crippen molar-refractivity contribution in [2.24, 2.45) is 0 Å². The van der Waals surface area contributed by atoms with Crippen LogP contribution in [0.25, 0.3) is 0 Å². The first-order chi connectivity index (χ1) is 7.82. The molecule has 0 amide bonds. The zero-order chi connectivity index (χ0) is 13.1. The maximum Gasteiger partial charge on any atom is 0.356 e. The topological polar surface area (TPSA) is 57.5 Å². The molecule has 1 aromatic carbocycles. The number of hydrogen-bond acceptors (Lipinski definition) is 1. The van der Waals surface area contributed by atoms with Crippen molar-refractivity contribution in [3.05, 3.63) is 29.8 Å². The van der Waals surface area contributed by atoms with E-state index in [0.29, 0.717) is 6.42 Å². The summed E-state index contributed by atoms with van der Waals surface area (Å²) in [6, 6.07) is 6.77. The monoisotopic (exact) mass is 320 g/mol. The van der Waals surface area contributed by atoms with Gasteiger partial charge in [-0.15, -0.1) is 0 Å². The molecule has 0 heterocycles. The van der Waals surface area contributed by atoms with Crippen LogP contribution in [0.1, 0.15) is 32.3 Å². The van der Waals surface area contributed by atoms with E-state index < -0.39 is 7.60 Å². The first-order valence-electron chi connectivity index (χ1n) is 5.65. The van der Waals surface area contributed by atoms with Gasteiger partial charge < -0.3 is 9.79 Å². The van der Waals surface area contributed by atoms with Crippen molar-refractivity contribution in [2.75, 3.05) is 0 Å². The summed E-state index contributed by atoms with van der Waals surface area (Å²) in [4.78, 5) is 18.6. The summed E-state index contributed by atoms with van der Waals surface area (Å²) in [6.45, 7) is 4.14. The highest BCUT2D eigenvalue weighted by Gasteiger charge is 2.27. The number of benzene rings is 1. The standard InChI is InChI=1S/C12H18BrO3P/c1-3-12(13,4-2)9-10-7-5-6-8-11(10)17(14,15)16/h5-8H,3-4,9H2,1-2H3,(H2,14,15,16). The second-order valence-electron chi connectivity index (χ2n) is 4.21. The van der Waals surface area contributed by atoms with Crippen LogP contribution in [-0.4, -0.2) is 14.1 Å². The second-order valence-corrected chi connectivity index (χ2v) is 7.46. The molecule has 17 heavy (non-hydrogen) atoms. The largest absolute Gasteiger partial charge is 0.356 e. The van der Waals surface area contributed by atoms with E-state index in [-0.39, 0.29) is 9.63 Å². The van der Waals surface area contributed by atoms with Crippen molar-refractivity contribution in [3.63, 3.8) is 0 Å². The molecule has 0 aliphatic rings. The fourth-order valence-electron chi connectivity index (χ4n) is 1.79. The highest BCUT2D eigenvalue weighted by atomic mass is 79.9. The molecular weight excluding hydrogens is 303 g/mol. The van der Waals surface area contributed by atoms with Gasteiger partial charge in [-0.1, -0.05) is 48.0 Å². The molecule has 0 saturated carbocycles. The van der Waals surface area contributed by atoms with E-state index in [0.717, 1.165) is 18.4 Å². The zero-order valence-electron chi connectivity index (χ0n) is 10.1. The number of halogens is 1. The smallest absolute Gasteiger partial charge is 0.321 e. The zero-order valence-corrected chi connectivity index (χ0v) is 12.5. The Morgan fingerprint density at radius 2 is 1.76 bits per heavy atom. The average Bonchev–Trinajstić information content (AvgIpc) is 2.28. The lowest BCUT2D eigenvalue weighted by atomic mass is 9.94. The number of alkyl halides is 1. The molecule has 3 nitrogen and oxygen atoms in total. The summed E-state index contributed by atoms with van der Waals surface area (Å²) in [7, 11) is -4.18. The maximum atomic E-state index is 11.4. The van der Waals surface area contributed by atoms with Gasteiger partial charge in [-0.2, -0.15) is 0 Å². The Bertz CT molecular complexity index is 424. The van der Waals surface area contributed by atoms with Crippen LogP contribution < -0.4 is 5.30 Å². The minimum Gasteiger partial charge on any atom is -0.321 e. The molecule has 0 unspecified atom stereocenters. The van der Waals surface area contributed by atoms with Crippen molar-refractivity contribution < 1.29 is 14.4 Å². The van der Waals surface area contributed by atoms with Crippen molar-refractivity contribution >= 4 is 28.8 Å². The summed E-state index contributed by atoms with van der Waals surface area (Å²) in [6.07, 6.45) is 2.46. The first kappa shape index (κ1) is 14.9. The van der Waals surface area contributed by atoms with Crippen LogP contribution >= 0.6 is 23.5 Å².